The highest BCUT2D eigenvalue weighted by atomic mass is 32.1. The van der Waals surface area contributed by atoms with Crippen LogP contribution in [0.5, 0.6) is 0 Å². The zero-order valence-electron chi connectivity index (χ0n) is 16.2. The Morgan fingerprint density at radius 2 is 2.04 bits per heavy atom. The second-order valence-corrected chi connectivity index (χ2v) is 7.88. The Morgan fingerprint density at radius 1 is 1.29 bits per heavy atom. The van der Waals surface area contributed by atoms with E-state index in [0.29, 0.717) is 26.1 Å². The smallest absolute Gasteiger partial charge is 0.242 e. The minimum atomic E-state index is -0.302. The summed E-state index contributed by atoms with van der Waals surface area (Å²) in [5.41, 5.74) is 1.97. The lowest BCUT2D eigenvalue weighted by atomic mass is 9.93. The molecular formula is C21H25FN2O3S. The molecule has 0 N–H and O–H groups in total. The highest BCUT2D eigenvalue weighted by molar-refractivity contribution is 7.10. The van der Waals surface area contributed by atoms with Gasteiger partial charge in [-0.2, -0.15) is 0 Å². The van der Waals surface area contributed by atoms with Gasteiger partial charge in [0.25, 0.3) is 0 Å². The monoisotopic (exact) mass is 404 g/mol. The number of benzene rings is 1. The molecule has 0 aliphatic carbocycles. The number of methoxy groups -OCH3 is 1. The zero-order valence-corrected chi connectivity index (χ0v) is 17.0. The van der Waals surface area contributed by atoms with Gasteiger partial charge in [0.1, 0.15) is 5.82 Å². The molecule has 0 unspecified atom stereocenters. The van der Waals surface area contributed by atoms with Crippen LogP contribution in [0.15, 0.2) is 35.7 Å². The molecule has 2 heterocycles. The third-order valence-corrected chi connectivity index (χ3v) is 6.02. The Morgan fingerprint density at radius 3 is 2.71 bits per heavy atom. The number of thiophene rings is 1. The molecule has 1 aliphatic rings. The SMILES string of the molecule is COCCCN(CC(=O)N1CCc2sccc2[C@H]1c1ccc(F)cc1)C(C)=O. The van der Waals surface area contributed by atoms with Gasteiger partial charge in [-0.3, -0.25) is 9.59 Å². The predicted molar refractivity (Wildman–Crippen MR) is 107 cm³/mol. The third-order valence-electron chi connectivity index (χ3n) is 5.02. The van der Waals surface area contributed by atoms with E-state index in [2.05, 4.69) is 0 Å². The Hall–Kier alpha value is -2.25. The molecule has 150 valence electrons. The molecule has 0 saturated carbocycles. The number of carbonyl (C=O) groups is 2. The van der Waals surface area contributed by atoms with Crippen molar-refractivity contribution in [1.82, 2.24) is 9.80 Å². The molecule has 0 spiro atoms. The summed E-state index contributed by atoms with van der Waals surface area (Å²) in [6, 6.07) is 8.09. The summed E-state index contributed by atoms with van der Waals surface area (Å²) < 4.78 is 18.5. The fourth-order valence-electron chi connectivity index (χ4n) is 3.59. The minimum Gasteiger partial charge on any atom is -0.385 e. The minimum absolute atomic E-state index is 0.0379. The third kappa shape index (κ3) is 4.59. The van der Waals surface area contributed by atoms with Gasteiger partial charge in [-0.15, -0.1) is 11.3 Å². The van der Waals surface area contributed by atoms with Crippen LogP contribution in [0.4, 0.5) is 4.39 Å². The lowest BCUT2D eigenvalue weighted by Crippen LogP contribution is -2.46. The van der Waals surface area contributed by atoms with E-state index in [1.165, 1.54) is 23.9 Å². The second-order valence-electron chi connectivity index (χ2n) is 6.88. The zero-order chi connectivity index (χ0) is 20.1. The first-order valence-electron chi connectivity index (χ1n) is 9.37. The molecule has 0 radical (unpaired) electrons. The number of nitrogens with zero attached hydrogens (tertiary/aromatic N) is 2. The van der Waals surface area contributed by atoms with Gasteiger partial charge in [0, 0.05) is 38.6 Å². The Bertz CT molecular complexity index is 821. The van der Waals surface area contributed by atoms with Crippen LogP contribution < -0.4 is 0 Å². The van der Waals surface area contributed by atoms with E-state index in [1.54, 1.807) is 35.5 Å². The molecule has 1 aliphatic heterocycles. The quantitative estimate of drug-likeness (QED) is 0.666. The number of carbonyl (C=O) groups excluding carboxylic acids is 2. The molecule has 1 aromatic heterocycles. The van der Waals surface area contributed by atoms with Crippen LogP contribution in [0.1, 0.15) is 35.4 Å². The molecular weight excluding hydrogens is 379 g/mol. The molecule has 2 amide bonds. The maximum Gasteiger partial charge on any atom is 0.242 e. The maximum atomic E-state index is 13.4. The number of rotatable bonds is 7. The standard InChI is InChI=1S/C21H25FN2O3S/c1-15(25)23(10-3-12-27-2)14-20(26)24-11-8-19-18(9-13-28-19)21(24)16-4-6-17(22)7-5-16/h4-7,9,13,21H,3,8,10-12,14H2,1-2H3/t21-/m1/s1. The summed E-state index contributed by atoms with van der Waals surface area (Å²) in [7, 11) is 1.61. The molecule has 0 saturated heterocycles. The Kier molecular flexibility index (Phi) is 6.80. The van der Waals surface area contributed by atoms with Crippen molar-refractivity contribution in [1.29, 1.82) is 0 Å². The Labute approximate surface area is 168 Å². The maximum absolute atomic E-state index is 13.4. The van der Waals surface area contributed by atoms with Gasteiger partial charge in [-0.05, 0) is 47.5 Å². The van der Waals surface area contributed by atoms with E-state index in [1.807, 2.05) is 16.3 Å². The molecule has 0 fully saturated rings. The van der Waals surface area contributed by atoms with E-state index in [9.17, 15) is 14.0 Å². The number of amides is 2. The summed E-state index contributed by atoms with van der Waals surface area (Å²) in [4.78, 5) is 29.8. The average molecular weight is 405 g/mol. The number of halogens is 1. The van der Waals surface area contributed by atoms with E-state index in [-0.39, 0.29) is 30.2 Å². The van der Waals surface area contributed by atoms with Crippen molar-refractivity contribution >= 4 is 23.2 Å². The molecule has 28 heavy (non-hydrogen) atoms. The van der Waals surface area contributed by atoms with E-state index < -0.39 is 0 Å². The highest BCUT2D eigenvalue weighted by Gasteiger charge is 2.33. The number of ether oxygens (including phenoxy) is 1. The van der Waals surface area contributed by atoms with Crippen molar-refractivity contribution < 1.29 is 18.7 Å². The van der Waals surface area contributed by atoms with Crippen molar-refractivity contribution in [2.24, 2.45) is 0 Å². The van der Waals surface area contributed by atoms with E-state index in [0.717, 1.165) is 17.5 Å². The second kappa shape index (κ2) is 9.30. The lowest BCUT2D eigenvalue weighted by molar-refractivity contribution is -0.140. The molecule has 2 aromatic rings. The summed E-state index contributed by atoms with van der Waals surface area (Å²) >= 11 is 1.68. The van der Waals surface area contributed by atoms with Crippen LogP contribution >= 0.6 is 11.3 Å². The molecule has 1 aromatic carbocycles. The molecule has 0 bridgehead atoms. The van der Waals surface area contributed by atoms with Crippen molar-refractivity contribution in [3.8, 4) is 0 Å². The van der Waals surface area contributed by atoms with Crippen LogP contribution in [0.2, 0.25) is 0 Å². The largest absolute Gasteiger partial charge is 0.385 e. The van der Waals surface area contributed by atoms with E-state index >= 15 is 0 Å². The van der Waals surface area contributed by atoms with Gasteiger partial charge >= 0.3 is 0 Å². The number of fused-ring (bicyclic) bond motifs is 1. The van der Waals surface area contributed by atoms with Gasteiger partial charge < -0.3 is 14.5 Å². The lowest BCUT2D eigenvalue weighted by Gasteiger charge is -2.37. The summed E-state index contributed by atoms with van der Waals surface area (Å²) in [6.45, 7) is 3.12. The van der Waals surface area contributed by atoms with Crippen molar-refractivity contribution in [2.75, 3.05) is 33.4 Å². The van der Waals surface area contributed by atoms with Crippen LogP contribution in [0.25, 0.3) is 0 Å². The topological polar surface area (TPSA) is 49.9 Å². The molecule has 1 atom stereocenters. The van der Waals surface area contributed by atoms with Crippen LogP contribution in [0.3, 0.4) is 0 Å². The van der Waals surface area contributed by atoms with Crippen LogP contribution in [0, 0.1) is 5.82 Å². The average Bonchev–Trinajstić information content (AvgIpc) is 3.16. The van der Waals surface area contributed by atoms with Gasteiger partial charge in [0.2, 0.25) is 11.8 Å². The first-order chi connectivity index (χ1) is 13.5. The first-order valence-corrected chi connectivity index (χ1v) is 10.2. The van der Waals surface area contributed by atoms with Crippen LogP contribution in [-0.2, 0) is 20.7 Å². The fourth-order valence-corrected chi connectivity index (χ4v) is 4.50. The van der Waals surface area contributed by atoms with Crippen LogP contribution in [-0.4, -0.2) is 55.0 Å². The van der Waals surface area contributed by atoms with Gasteiger partial charge in [-0.1, -0.05) is 12.1 Å². The highest BCUT2D eigenvalue weighted by Crippen LogP contribution is 2.37. The molecule has 5 nitrogen and oxygen atoms in total. The fraction of sp³-hybridized carbons (Fsp3) is 0.429. The van der Waals surface area contributed by atoms with Crippen molar-refractivity contribution in [3.05, 3.63) is 57.5 Å². The normalized spacial score (nSPS) is 16.0. The number of hydrogen-bond donors (Lipinski definition) is 0. The van der Waals surface area contributed by atoms with Crippen molar-refractivity contribution in [3.63, 3.8) is 0 Å². The van der Waals surface area contributed by atoms with Gasteiger partial charge in [0.15, 0.2) is 0 Å². The summed E-state index contributed by atoms with van der Waals surface area (Å²) in [6.07, 6.45) is 1.47. The molecule has 7 heteroatoms. The predicted octanol–water partition coefficient (Wildman–Crippen LogP) is 3.25. The molecule has 3 rings (SSSR count). The number of hydrogen-bond acceptors (Lipinski definition) is 4. The summed E-state index contributed by atoms with van der Waals surface area (Å²) in [5.74, 6) is -0.529. The van der Waals surface area contributed by atoms with Gasteiger partial charge in [-0.25, -0.2) is 4.39 Å². The van der Waals surface area contributed by atoms with Crippen molar-refractivity contribution in [2.45, 2.75) is 25.8 Å². The Balaban J connectivity index is 1.83. The first kappa shape index (κ1) is 20.5. The van der Waals surface area contributed by atoms with E-state index in [4.69, 9.17) is 4.74 Å². The van der Waals surface area contributed by atoms with Gasteiger partial charge in [0.05, 0.1) is 12.6 Å². The summed E-state index contributed by atoms with van der Waals surface area (Å²) in [5, 5.41) is 2.03.